The van der Waals surface area contributed by atoms with Gasteiger partial charge in [-0.05, 0) is 43.4 Å². The van der Waals surface area contributed by atoms with E-state index in [1.54, 1.807) is 0 Å². The van der Waals surface area contributed by atoms with Gasteiger partial charge in [0.1, 0.15) is 0 Å². The van der Waals surface area contributed by atoms with Crippen LogP contribution < -0.4 is 5.73 Å². The van der Waals surface area contributed by atoms with Gasteiger partial charge in [0.15, 0.2) is 0 Å². The SMILES string of the molecule is NC1CCC2CN(C(=O)CC3CCCCC3)CC12. The lowest BCUT2D eigenvalue weighted by Gasteiger charge is -2.24. The normalized spacial score (nSPS) is 36.9. The van der Waals surface area contributed by atoms with E-state index in [2.05, 4.69) is 4.90 Å². The van der Waals surface area contributed by atoms with Crippen LogP contribution in [-0.2, 0) is 4.79 Å². The van der Waals surface area contributed by atoms with Crippen LogP contribution >= 0.6 is 0 Å². The Bertz CT molecular complexity index is 312. The standard InChI is InChI=1S/C15H26N2O/c16-14-7-6-12-9-17(10-13(12)14)15(18)8-11-4-2-1-3-5-11/h11-14H,1-10,16H2. The van der Waals surface area contributed by atoms with Gasteiger partial charge in [-0.2, -0.15) is 0 Å². The van der Waals surface area contributed by atoms with Gasteiger partial charge in [-0.25, -0.2) is 0 Å². The van der Waals surface area contributed by atoms with Crippen LogP contribution in [0.25, 0.3) is 0 Å². The van der Waals surface area contributed by atoms with Crippen molar-refractivity contribution in [3.8, 4) is 0 Å². The van der Waals surface area contributed by atoms with Crippen molar-refractivity contribution in [1.82, 2.24) is 4.90 Å². The molecule has 3 atom stereocenters. The van der Waals surface area contributed by atoms with Crippen LogP contribution in [0.15, 0.2) is 0 Å². The second-order valence-corrected chi connectivity index (χ2v) is 6.67. The van der Waals surface area contributed by atoms with Gasteiger partial charge >= 0.3 is 0 Å². The Kier molecular flexibility index (Phi) is 3.60. The molecule has 0 aromatic carbocycles. The zero-order chi connectivity index (χ0) is 12.5. The fraction of sp³-hybridized carbons (Fsp3) is 0.933. The summed E-state index contributed by atoms with van der Waals surface area (Å²) in [4.78, 5) is 14.5. The third-order valence-electron chi connectivity index (χ3n) is 5.45. The Balaban J connectivity index is 1.51. The predicted octanol–water partition coefficient (Wildman–Crippen LogP) is 2.15. The fourth-order valence-corrected chi connectivity index (χ4v) is 4.28. The molecular weight excluding hydrogens is 224 g/mol. The number of hydrogen-bond acceptors (Lipinski definition) is 2. The number of nitrogens with zero attached hydrogens (tertiary/aromatic N) is 1. The van der Waals surface area contributed by atoms with Gasteiger partial charge in [-0.3, -0.25) is 4.79 Å². The first-order valence-electron chi connectivity index (χ1n) is 7.77. The zero-order valence-corrected chi connectivity index (χ0v) is 11.3. The highest BCUT2D eigenvalue weighted by atomic mass is 16.2. The number of amides is 1. The molecule has 0 aromatic heterocycles. The molecule has 102 valence electrons. The van der Waals surface area contributed by atoms with Gasteiger partial charge in [-0.15, -0.1) is 0 Å². The lowest BCUT2D eigenvalue weighted by molar-refractivity contribution is -0.131. The van der Waals surface area contributed by atoms with Crippen molar-refractivity contribution in [2.45, 2.75) is 57.4 Å². The Morgan fingerprint density at radius 2 is 1.83 bits per heavy atom. The maximum Gasteiger partial charge on any atom is 0.222 e. The third-order valence-corrected chi connectivity index (χ3v) is 5.45. The van der Waals surface area contributed by atoms with Gasteiger partial charge in [0, 0.05) is 25.6 Å². The highest BCUT2D eigenvalue weighted by Gasteiger charge is 2.42. The number of fused-ring (bicyclic) bond motifs is 1. The lowest BCUT2D eigenvalue weighted by Crippen LogP contribution is -2.34. The van der Waals surface area contributed by atoms with Crippen molar-refractivity contribution >= 4 is 5.91 Å². The molecule has 1 aliphatic heterocycles. The molecule has 18 heavy (non-hydrogen) atoms. The van der Waals surface area contributed by atoms with E-state index in [1.807, 2.05) is 0 Å². The van der Waals surface area contributed by atoms with Crippen molar-refractivity contribution < 1.29 is 4.79 Å². The average Bonchev–Trinajstić information content (AvgIpc) is 2.93. The summed E-state index contributed by atoms with van der Waals surface area (Å²) in [5, 5.41) is 0. The van der Waals surface area contributed by atoms with E-state index >= 15 is 0 Å². The maximum absolute atomic E-state index is 12.3. The minimum absolute atomic E-state index is 0.350. The van der Waals surface area contributed by atoms with Crippen LogP contribution in [0.1, 0.15) is 51.4 Å². The summed E-state index contributed by atoms with van der Waals surface area (Å²) in [5.41, 5.74) is 6.13. The topological polar surface area (TPSA) is 46.3 Å². The highest BCUT2D eigenvalue weighted by molar-refractivity contribution is 5.76. The van der Waals surface area contributed by atoms with Crippen molar-refractivity contribution in [1.29, 1.82) is 0 Å². The fourth-order valence-electron chi connectivity index (χ4n) is 4.28. The van der Waals surface area contributed by atoms with Crippen molar-refractivity contribution in [2.75, 3.05) is 13.1 Å². The molecule has 0 spiro atoms. The molecule has 2 saturated carbocycles. The molecule has 0 radical (unpaired) electrons. The van der Waals surface area contributed by atoms with Crippen LogP contribution in [0.2, 0.25) is 0 Å². The molecule has 3 heteroatoms. The van der Waals surface area contributed by atoms with Crippen LogP contribution in [0.5, 0.6) is 0 Å². The number of likely N-dealkylation sites (tertiary alicyclic amines) is 1. The summed E-state index contributed by atoms with van der Waals surface area (Å²) < 4.78 is 0. The summed E-state index contributed by atoms with van der Waals surface area (Å²) in [6.45, 7) is 1.93. The average molecular weight is 250 g/mol. The van der Waals surface area contributed by atoms with E-state index in [-0.39, 0.29) is 0 Å². The molecular formula is C15H26N2O. The number of nitrogens with two attached hydrogens (primary N) is 1. The van der Waals surface area contributed by atoms with Crippen LogP contribution in [-0.4, -0.2) is 29.9 Å². The lowest BCUT2D eigenvalue weighted by atomic mass is 9.86. The molecule has 2 aliphatic carbocycles. The van der Waals surface area contributed by atoms with E-state index in [0.717, 1.165) is 19.5 Å². The Hall–Kier alpha value is -0.570. The Labute approximate surface area is 110 Å². The van der Waals surface area contributed by atoms with Crippen molar-refractivity contribution in [3.63, 3.8) is 0 Å². The molecule has 3 fully saturated rings. The van der Waals surface area contributed by atoms with Gasteiger partial charge in [0.2, 0.25) is 5.91 Å². The predicted molar refractivity (Wildman–Crippen MR) is 72.0 cm³/mol. The van der Waals surface area contributed by atoms with Gasteiger partial charge < -0.3 is 10.6 Å². The van der Waals surface area contributed by atoms with Gasteiger partial charge in [0.05, 0.1) is 0 Å². The molecule has 3 rings (SSSR count). The first kappa shape index (κ1) is 12.5. The molecule has 3 aliphatic rings. The Morgan fingerprint density at radius 1 is 1.06 bits per heavy atom. The van der Waals surface area contributed by atoms with Gasteiger partial charge in [-0.1, -0.05) is 19.3 Å². The number of carbonyl (C=O) groups excluding carboxylic acids is 1. The molecule has 0 aromatic rings. The summed E-state index contributed by atoms with van der Waals surface area (Å²) in [6.07, 6.45) is 9.77. The van der Waals surface area contributed by atoms with E-state index in [0.29, 0.717) is 29.7 Å². The van der Waals surface area contributed by atoms with Crippen LogP contribution in [0.4, 0.5) is 0 Å². The zero-order valence-electron chi connectivity index (χ0n) is 11.3. The Morgan fingerprint density at radius 3 is 2.56 bits per heavy atom. The van der Waals surface area contributed by atoms with Crippen molar-refractivity contribution in [2.24, 2.45) is 23.5 Å². The molecule has 1 amide bonds. The van der Waals surface area contributed by atoms with E-state index in [1.165, 1.54) is 44.9 Å². The summed E-state index contributed by atoms with van der Waals surface area (Å²) in [6, 6.07) is 0.350. The maximum atomic E-state index is 12.3. The summed E-state index contributed by atoms with van der Waals surface area (Å²) in [5.74, 6) is 2.37. The first-order chi connectivity index (χ1) is 8.74. The minimum Gasteiger partial charge on any atom is -0.342 e. The third kappa shape index (κ3) is 2.42. The second kappa shape index (κ2) is 5.20. The smallest absolute Gasteiger partial charge is 0.222 e. The minimum atomic E-state index is 0.350. The molecule has 0 bridgehead atoms. The van der Waals surface area contributed by atoms with E-state index in [9.17, 15) is 4.79 Å². The molecule has 3 nitrogen and oxygen atoms in total. The van der Waals surface area contributed by atoms with Crippen molar-refractivity contribution in [3.05, 3.63) is 0 Å². The van der Waals surface area contributed by atoms with E-state index < -0.39 is 0 Å². The first-order valence-corrected chi connectivity index (χ1v) is 7.77. The molecule has 2 N–H and O–H groups in total. The highest BCUT2D eigenvalue weighted by Crippen LogP contribution is 2.38. The molecule has 1 heterocycles. The van der Waals surface area contributed by atoms with Gasteiger partial charge in [0.25, 0.3) is 0 Å². The largest absolute Gasteiger partial charge is 0.342 e. The monoisotopic (exact) mass is 250 g/mol. The van der Waals surface area contributed by atoms with E-state index in [4.69, 9.17) is 5.73 Å². The summed E-state index contributed by atoms with van der Waals surface area (Å²) >= 11 is 0. The number of carbonyl (C=O) groups is 1. The number of hydrogen-bond donors (Lipinski definition) is 1. The van der Waals surface area contributed by atoms with Crippen LogP contribution in [0.3, 0.4) is 0 Å². The molecule has 3 unspecified atom stereocenters. The summed E-state index contributed by atoms with van der Waals surface area (Å²) in [7, 11) is 0. The quantitative estimate of drug-likeness (QED) is 0.816. The number of rotatable bonds is 2. The second-order valence-electron chi connectivity index (χ2n) is 6.67. The molecule has 1 saturated heterocycles. The van der Waals surface area contributed by atoms with Crippen LogP contribution in [0, 0.1) is 17.8 Å².